The molecule has 31 heavy (non-hydrogen) atoms. The van der Waals surface area contributed by atoms with E-state index in [9.17, 15) is 9.18 Å². The largest absolute Gasteiger partial charge is 0.366 e. The molecule has 2 aromatic carbocycles. The molecule has 2 heterocycles. The first-order valence-electron chi connectivity index (χ1n) is 9.55. The van der Waals surface area contributed by atoms with Crippen molar-refractivity contribution in [2.45, 2.75) is 12.8 Å². The second kappa shape index (κ2) is 8.69. The smallest absolute Gasteiger partial charge is 0.254 e. The number of anilines is 1. The van der Waals surface area contributed by atoms with Crippen LogP contribution in [0.25, 0.3) is 16.8 Å². The van der Waals surface area contributed by atoms with Gasteiger partial charge in [-0.1, -0.05) is 23.7 Å². The maximum Gasteiger partial charge on any atom is 0.254 e. The molecule has 0 unspecified atom stereocenters. The molecule has 9 heteroatoms. The fourth-order valence-electron chi connectivity index (χ4n) is 3.29. The van der Waals surface area contributed by atoms with Gasteiger partial charge in [0.05, 0.1) is 11.1 Å². The molecule has 3 N–H and O–H groups in total. The highest BCUT2D eigenvalue weighted by molar-refractivity contribution is 6.30. The van der Waals surface area contributed by atoms with Gasteiger partial charge in [-0.2, -0.15) is 4.98 Å². The van der Waals surface area contributed by atoms with Gasteiger partial charge >= 0.3 is 0 Å². The minimum Gasteiger partial charge on any atom is -0.366 e. The van der Waals surface area contributed by atoms with Gasteiger partial charge in [0.1, 0.15) is 11.6 Å². The fourth-order valence-corrected chi connectivity index (χ4v) is 3.41. The highest BCUT2D eigenvalue weighted by Gasteiger charge is 2.20. The second-order valence-electron chi connectivity index (χ2n) is 6.96. The number of nitrogens with zero attached hydrogens (tertiary/aromatic N) is 3. The number of rotatable bonds is 6. The van der Waals surface area contributed by atoms with Crippen molar-refractivity contribution in [3.8, 4) is 11.1 Å². The summed E-state index contributed by atoms with van der Waals surface area (Å²) >= 11 is 5.86. The maximum atomic E-state index is 15.1. The Morgan fingerprint density at radius 3 is 2.68 bits per heavy atom. The summed E-state index contributed by atoms with van der Waals surface area (Å²) in [5.74, 6) is -2.28. The van der Waals surface area contributed by atoms with E-state index in [1.54, 1.807) is 12.1 Å². The number of aromatic nitrogens is 3. The monoisotopic (exact) mass is 441 g/mol. The van der Waals surface area contributed by atoms with Crippen LogP contribution in [0, 0.1) is 11.6 Å². The van der Waals surface area contributed by atoms with Crippen molar-refractivity contribution in [2.24, 2.45) is 0 Å². The van der Waals surface area contributed by atoms with Gasteiger partial charge < -0.3 is 11.1 Å². The van der Waals surface area contributed by atoms with E-state index in [4.69, 9.17) is 17.3 Å². The zero-order valence-electron chi connectivity index (χ0n) is 16.3. The van der Waals surface area contributed by atoms with Crippen LogP contribution < -0.4 is 11.1 Å². The lowest BCUT2D eigenvalue weighted by atomic mass is 10.0. The summed E-state index contributed by atoms with van der Waals surface area (Å²) in [6.07, 6.45) is 2.89. The minimum atomic E-state index is -0.938. The van der Waals surface area contributed by atoms with Crippen molar-refractivity contribution in [3.63, 3.8) is 0 Å². The topological polar surface area (TPSA) is 85.3 Å². The molecule has 6 nitrogen and oxygen atoms in total. The molecule has 0 fully saturated rings. The van der Waals surface area contributed by atoms with Gasteiger partial charge in [-0.05, 0) is 60.4 Å². The Kier molecular flexibility index (Phi) is 5.81. The van der Waals surface area contributed by atoms with Gasteiger partial charge in [-0.25, -0.2) is 13.3 Å². The Bertz CT molecular complexity index is 1260. The van der Waals surface area contributed by atoms with Gasteiger partial charge in [0.2, 0.25) is 5.95 Å². The van der Waals surface area contributed by atoms with Crippen molar-refractivity contribution in [2.75, 3.05) is 12.3 Å². The van der Waals surface area contributed by atoms with Crippen LogP contribution in [-0.4, -0.2) is 27.0 Å². The quantitative estimate of drug-likeness (QED) is 0.437. The number of aryl methyl sites for hydroxylation is 1. The van der Waals surface area contributed by atoms with Crippen molar-refractivity contribution in [1.82, 2.24) is 19.9 Å². The summed E-state index contributed by atoms with van der Waals surface area (Å²) in [7, 11) is 0. The van der Waals surface area contributed by atoms with E-state index in [0.29, 0.717) is 23.6 Å². The lowest BCUT2D eigenvalue weighted by Gasteiger charge is -2.11. The molecule has 0 aliphatic carbocycles. The third kappa shape index (κ3) is 4.49. The van der Waals surface area contributed by atoms with Crippen LogP contribution in [0.1, 0.15) is 22.3 Å². The van der Waals surface area contributed by atoms with Crippen LogP contribution in [0.4, 0.5) is 14.7 Å². The summed E-state index contributed by atoms with van der Waals surface area (Å²) in [5.41, 5.74) is 6.66. The lowest BCUT2D eigenvalue weighted by Crippen LogP contribution is -2.26. The first-order chi connectivity index (χ1) is 14.9. The number of nitrogens with one attached hydrogen (secondary N) is 1. The average Bonchev–Trinajstić information content (AvgIpc) is 3.12. The van der Waals surface area contributed by atoms with Crippen molar-refractivity contribution in [1.29, 1.82) is 0 Å². The van der Waals surface area contributed by atoms with E-state index in [1.807, 2.05) is 12.1 Å². The number of pyridine rings is 1. The second-order valence-corrected chi connectivity index (χ2v) is 7.39. The van der Waals surface area contributed by atoms with Crippen LogP contribution >= 0.6 is 11.6 Å². The Balaban J connectivity index is 1.49. The molecule has 0 aliphatic rings. The van der Waals surface area contributed by atoms with Gasteiger partial charge in [0, 0.05) is 17.8 Å². The molecular formula is C22H18ClF2N5O. The molecule has 0 atom stereocenters. The Labute approximate surface area is 181 Å². The number of amides is 1. The third-order valence-corrected chi connectivity index (χ3v) is 5.07. The zero-order valence-corrected chi connectivity index (χ0v) is 17.0. The Morgan fingerprint density at radius 2 is 1.90 bits per heavy atom. The highest BCUT2D eigenvalue weighted by Crippen LogP contribution is 2.29. The zero-order chi connectivity index (χ0) is 22.0. The fraction of sp³-hybridized carbons (Fsp3) is 0.136. The number of benzene rings is 2. The molecule has 158 valence electrons. The SMILES string of the molecule is Nc1nc2cc(-c3c(F)ccc(C(=O)NCCCc4ccc(Cl)cc4)c3F)ccn2n1. The summed E-state index contributed by atoms with van der Waals surface area (Å²) in [4.78, 5) is 16.5. The van der Waals surface area contributed by atoms with Crippen LogP contribution in [-0.2, 0) is 6.42 Å². The first-order valence-corrected chi connectivity index (χ1v) is 9.93. The number of halogens is 3. The average molecular weight is 442 g/mol. The third-order valence-electron chi connectivity index (χ3n) is 4.82. The van der Waals surface area contributed by atoms with Crippen LogP contribution in [0.15, 0.2) is 54.7 Å². The highest BCUT2D eigenvalue weighted by atomic mass is 35.5. The van der Waals surface area contributed by atoms with Crippen LogP contribution in [0.5, 0.6) is 0 Å². The van der Waals surface area contributed by atoms with E-state index >= 15 is 4.39 Å². The summed E-state index contributed by atoms with van der Waals surface area (Å²) < 4.78 is 31.0. The van der Waals surface area contributed by atoms with Gasteiger partial charge in [0.15, 0.2) is 5.65 Å². The number of hydrogen-bond acceptors (Lipinski definition) is 4. The lowest BCUT2D eigenvalue weighted by molar-refractivity contribution is 0.0949. The molecular weight excluding hydrogens is 424 g/mol. The Hall–Kier alpha value is -3.52. The molecule has 4 rings (SSSR count). The molecule has 0 radical (unpaired) electrons. The predicted octanol–water partition coefficient (Wildman–Crippen LogP) is 4.27. The number of carbonyl (C=O) groups excluding carboxylic acids is 1. The van der Waals surface area contributed by atoms with Gasteiger partial charge in [-0.3, -0.25) is 4.79 Å². The van der Waals surface area contributed by atoms with E-state index in [-0.39, 0.29) is 22.6 Å². The van der Waals surface area contributed by atoms with Crippen molar-refractivity contribution in [3.05, 3.63) is 82.5 Å². The van der Waals surface area contributed by atoms with E-state index in [0.717, 1.165) is 24.1 Å². The molecule has 0 saturated heterocycles. The minimum absolute atomic E-state index is 0.0461. The first kappa shape index (κ1) is 20.7. The molecule has 0 bridgehead atoms. The summed E-state index contributed by atoms with van der Waals surface area (Å²) in [6.45, 7) is 0.346. The number of nitrogens with two attached hydrogens (primary N) is 1. The number of fused-ring (bicyclic) bond motifs is 1. The predicted molar refractivity (Wildman–Crippen MR) is 115 cm³/mol. The normalized spacial score (nSPS) is 11.1. The van der Waals surface area contributed by atoms with Gasteiger partial charge in [0.25, 0.3) is 5.91 Å². The standard InChI is InChI=1S/C22H18ClF2N5O/c23-15-5-3-13(4-6-15)2-1-10-27-21(31)16-7-8-17(24)19(20(16)25)14-9-11-30-18(12-14)28-22(26)29-30/h3-9,11-12H,1-2,10H2,(H2,26,29)(H,27,31). The molecule has 0 spiro atoms. The Morgan fingerprint density at radius 1 is 1.13 bits per heavy atom. The molecule has 4 aromatic rings. The van der Waals surface area contributed by atoms with E-state index < -0.39 is 17.5 Å². The van der Waals surface area contributed by atoms with Crippen molar-refractivity contribution >= 4 is 29.1 Å². The van der Waals surface area contributed by atoms with E-state index in [1.165, 1.54) is 22.8 Å². The number of carbonyl (C=O) groups is 1. The molecule has 2 aromatic heterocycles. The summed E-state index contributed by atoms with van der Waals surface area (Å²) in [6, 6.07) is 12.6. The molecule has 0 aliphatic heterocycles. The van der Waals surface area contributed by atoms with E-state index in [2.05, 4.69) is 15.4 Å². The summed E-state index contributed by atoms with van der Waals surface area (Å²) in [5, 5.41) is 7.27. The number of nitrogen functional groups attached to an aromatic ring is 1. The number of hydrogen-bond donors (Lipinski definition) is 2. The van der Waals surface area contributed by atoms with Crippen molar-refractivity contribution < 1.29 is 13.6 Å². The van der Waals surface area contributed by atoms with Gasteiger partial charge in [-0.15, -0.1) is 5.10 Å². The van der Waals surface area contributed by atoms with Crippen LogP contribution in [0.3, 0.4) is 0 Å². The molecule has 1 amide bonds. The molecule has 0 saturated carbocycles. The van der Waals surface area contributed by atoms with Crippen LogP contribution in [0.2, 0.25) is 5.02 Å². The maximum absolute atomic E-state index is 15.1.